The van der Waals surface area contributed by atoms with Crippen LogP contribution in [0.5, 0.6) is 5.75 Å². The maximum Gasteiger partial charge on any atom is 0.314 e. The third kappa shape index (κ3) is 11.8. The Morgan fingerprint density at radius 2 is 1.80 bits per heavy atom. The van der Waals surface area contributed by atoms with Gasteiger partial charge in [-0.15, -0.1) is 0 Å². The number of carbonyl (C=O) groups excluding carboxylic acids is 1. The van der Waals surface area contributed by atoms with Gasteiger partial charge in [-0.2, -0.15) is 4.31 Å². The third-order valence-electron chi connectivity index (χ3n) is 9.77. The number of urea groups is 1. The summed E-state index contributed by atoms with van der Waals surface area (Å²) in [5, 5.41) is 43.9. The fourth-order valence-electron chi connectivity index (χ4n) is 6.22. The first-order valence-corrected chi connectivity index (χ1v) is 20.6. The Hall–Kier alpha value is -3.38. The number of nitrogens with one attached hydrogen (secondary N) is 2. The number of halogens is 1. The van der Waals surface area contributed by atoms with Crippen molar-refractivity contribution >= 4 is 27.7 Å². The Bertz CT molecular complexity index is 1810. The highest BCUT2D eigenvalue weighted by Crippen LogP contribution is 2.53. The van der Waals surface area contributed by atoms with E-state index in [4.69, 9.17) is 30.9 Å². The number of aromatic nitrogens is 1. The van der Waals surface area contributed by atoms with Crippen LogP contribution in [-0.4, -0.2) is 115 Å². The first kappa shape index (κ1) is 42.8. The number of methoxy groups -OCH3 is 1. The van der Waals surface area contributed by atoms with Crippen molar-refractivity contribution in [2.45, 2.75) is 92.9 Å². The van der Waals surface area contributed by atoms with Gasteiger partial charge in [0.15, 0.2) is 0 Å². The zero-order valence-electron chi connectivity index (χ0n) is 31.1. The van der Waals surface area contributed by atoms with Crippen LogP contribution in [0.1, 0.15) is 62.5 Å². The second-order valence-corrected chi connectivity index (χ2v) is 16.3. The number of carbonyl (C=O) groups is 1. The second kappa shape index (κ2) is 20.2. The third-order valence-corrected chi connectivity index (χ3v) is 12.0. The Morgan fingerprint density at radius 1 is 1.02 bits per heavy atom. The summed E-state index contributed by atoms with van der Waals surface area (Å²) < 4.78 is 47.3. The van der Waals surface area contributed by atoms with Crippen molar-refractivity contribution in [1.82, 2.24) is 19.9 Å². The predicted octanol–water partition coefficient (Wildman–Crippen LogP) is 3.72. The molecule has 14 nitrogen and oxygen atoms in total. The van der Waals surface area contributed by atoms with Gasteiger partial charge in [0.05, 0.1) is 42.0 Å². The number of pyridine rings is 1. The minimum absolute atomic E-state index is 0.0965. The van der Waals surface area contributed by atoms with Crippen molar-refractivity contribution in [3.8, 4) is 16.9 Å². The van der Waals surface area contributed by atoms with Crippen LogP contribution in [0, 0.1) is 0 Å². The fourth-order valence-corrected chi connectivity index (χ4v) is 7.90. The lowest BCUT2D eigenvalue weighted by atomic mass is 9.96. The normalized spacial score (nSPS) is 16.7. The van der Waals surface area contributed by atoms with Crippen molar-refractivity contribution in [1.29, 1.82) is 0 Å². The highest BCUT2D eigenvalue weighted by molar-refractivity contribution is 7.89. The van der Waals surface area contributed by atoms with E-state index in [1.165, 1.54) is 17.5 Å². The van der Waals surface area contributed by atoms with Crippen LogP contribution in [0.4, 0.5) is 4.79 Å². The van der Waals surface area contributed by atoms with Gasteiger partial charge in [-0.1, -0.05) is 36.2 Å². The molecule has 0 bridgehead atoms. The second-order valence-electron chi connectivity index (χ2n) is 14.0. The molecule has 0 saturated heterocycles. The molecule has 3 aromatic rings. The number of para-hydroxylation sites is 1. The topological polar surface area (TPSA) is 200 Å². The molecule has 1 heterocycles. The summed E-state index contributed by atoms with van der Waals surface area (Å²) >= 11 is 6.62. The highest BCUT2D eigenvalue weighted by atomic mass is 35.5. The maximum absolute atomic E-state index is 13.9. The van der Waals surface area contributed by atoms with Gasteiger partial charge < -0.3 is 45.3 Å². The number of rotatable bonds is 24. The van der Waals surface area contributed by atoms with Crippen LogP contribution in [-0.2, 0) is 31.7 Å². The lowest BCUT2D eigenvalue weighted by Crippen LogP contribution is -2.47. The number of ether oxygens (including phenoxy) is 3. The van der Waals surface area contributed by atoms with Crippen LogP contribution in [0.2, 0.25) is 5.02 Å². The van der Waals surface area contributed by atoms with E-state index >= 15 is 0 Å². The van der Waals surface area contributed by atoms with E-state index < -0.39 is 40.0 Å². The zero-order chi connectivity index (χ0) is 39.4. The van der Waals surface area contributed by atoms with Gasteiger partial charge in [0.2, 0.25) is 10.0 Å². The summed E-state index contributed by atoms with van der Waals surface area (Å²) in [5.74, 6) is 0.829. The molecule has 0 radical (unpaired) electrons. The van der Waals surface area contributed by atoms with E-state index in [0.29, 0.717) is 36.4 Å². The maximum atomic E-state index is 13.9. The lowest BCUT2D eigenvalue weighted by Gasteiger charge is -2.23. The Kier molecular flexibility index (Phi) is 15.7. The monoisotopic (exact) mass is 804 g/mol. The van der Waals surface area contributed by atoms with Gasteiger partial charge in [0.25, 0.3) is 0 Å². The van der Waals surface area contributed by atoms with Gasteiger partial charge in [0.1, 0.15) is 11.9 Å². The standard InChI is InChI=1S/C39H53ClN4O10S/c1-52-22-20-44(19-6-2-5-17-42-38(49)43-25-35(47)37(48)34(46)14-21-45)55(50,51)29-11-12-33(40)27(23-29)26-53-39(15-16-39)32-24-41-18-13-30(32)31-7-3-4-8-36(31)54-28-9-10-28/h3-4,7-8,11-13,18,23-24,28,34-35,37,45-48H,2,5-6,9-10,14-17,19-22,25-26H2,1H3,(H2,42,43,49). The van der Waals surface area contributed by atoms with Crippen molar-refractivity contribution in [2.75, 3.05) is 46.5 Å². The van der Waals surface area contributed by atoms with Crippen LogP contribution in [0.15, 0.2) is 65.8 Å². The minimum Gasteiger partial charge on any atom is -0.490 e. The van der Waals surface area contributed by atoms with Crippen molar-refractivity contribution in [3.63, 3.8) is 0 Å². The van der Waals surface area contributed by atoms with E-state index in [0.717, 1.165) is 48.1 Å². The smallest absolute Gasteiger partial charge is 0.314 e. The van der Waals surface area contributed by atoms with Crippen molar-refractivity contribution in [2.24, 2.45) is 0 Å². The molecule has 1 aromatic heterocycles. The van der Waals surface area contributed by atoms with Crippen LogP contribution in [0.25, 0.3) is 11.1 Å². The van der Waals surface area contributed by atoms with Gasteiger partial charge in [-0.3, -0.25) is 4.98 Å². The summed E-state index contributed by atoms with van der Waals surface area (Å²) in [7, 11) is -2.42. The molecule has 2 aromatic carbocycles. The van der Waals surface area contributed by atoms with E-state index in [1.807, 2.05) is 36.5 Å². The first-order valence-electron chi connectivity index (χ1n) is 18.8. The fraction of sp³-hybridized carbons (Fsp3) is 0.538. The summed E-state index contributed by atoms with van der Waals surface area (Å²) in [6, 6.07) is 14.0. The summed E-state index contributed by atoms with van der Waals surface area (Å²) in [6.07, 6.45) is 4.86. The number of nitrogens with zero attached hydrogens (tertiary/aromatic N) is 2. The molecule has 2 aliphatic carbocycles. The number of benzene rings is 2. The number of aliphatic hydroxyl groups is 4. The molecule has 55 heavy (non-hydrogen) atoms. The molecule has 5 rings (SSSR count). The highest BCUT2D eigenvalue weighted by Gasteiger charge is 2.48. The van der Waals surface area contributed by atoms with E-state index in [9.17, 15) is 28.5 Å². The first-order chi connectivity index (χ1) is 26.5. The minimum atomic E-state index is -3.93. The quantitative estimate of drug-likeness (QED) is 0.0722. The molecule has 2 saturated carbocycles. The summed E-state index contributed by atoms with van der Waals surface area (Å²) in [4.78, 5) is 16.6. The molecular formula is C39H53ClN4O10S. The number of hydrogen-bond donors (Lipinski definition) is 6. The number of aliphatic hydroxyl groups excluding tert-OH is 4. The molecule has 2 fully saturated rings. The van der Waals surface area contributed by atoms with E-state index in [-0.39, 0.29) is 56.9 Å². The summed E-state index contributed by atoms with van der Waals surface area (Å²) in [6.45, 7) is 0.326. The summed E-state index contributed by atoms with van der Waals surface area (Å²) in [5.41, 5.74) is 2.88. The SMILES string of the molecule is COCCN(CCCCCNC(=O)NCC(O)C(O)C(O)CCO)S(=O)(=O)c1ccc(Cl)c(COC2(c3cnccc3-c3ccccc3OC3CC3)CC2)c1. The zero-order valence-corrected chi connectivity index (χ0v) is 32.7. The molecule has 3 unspecified atom stereocenters. The molecule has 6 N–H and O–H groups in total. The average molecular weight is 805 g/mol. The van der Waals surface area contributed by atoms with Crippen LogP contribution < -0.4 is 15.4 Å². The van der Waals surface area contributed by atoms with E-state index in [2.05, 4.69) is 15.6 Å². The number of amides is 2. The van der Waals surface area contributed by atoms with Gasteiger partial charge >= 0.3 is 6.03 Å². The molecule has 2 aliphatic rings. The molecule has 0 aliphatic heterocycles. The van der Waals surface area contributed by atoms with Gasteiger partial charge in [-0.25, -0.2) is 13.2 Å². The number of unbranched alkanes of at least 4 members (excludes halogenated alkanes) is 2. The molecule has 302 valence electrons. The molecule has 16 heteroatoms. The Labute approximate surface area is 327 Å². The molecular weight excluding hydrogens is 752 g/mol. The largest absolute Gasteiger partial charge is 0.490 e. The Morgan fingerprint density at radius 3 is 2.53 bits per heavy atom. The number of sulfonamides is 1. The van der Waals surface area contributed by atoms with E-state index in [1.54, 1.807) is 18.3 Å². The predicted molar refractivity (Wildman–Crippen MR) is 206 cm³/mol. The van der Waals surface area contributed by atoms with Gasteiger partial charge in [-0.05, 0) is 86.4 Å². The lowest BCUT2D eigenvalue weighted by molar-refractivity contribution is -0.0634. The van der Waals surface area contributed by atoms with Crippen LogP contribution >= 0.6 is 11.6 Å². The molecule has 2 amide bonds. The number of hydrogen-bond acceptors (Lipinski definition) is 11. The van der Waals surface area contributed by atoms with Gasteiger partial charge in [0, 0.05) is 68.4 Å². The van der Waals surface area contributed by atoms with Crippen molar-refractivity contribution in [3.05, 3.63) is 77.1 Å². The molecule has 3 atom stereocenters. The average Bonchev–Trinajstić information content (AvgIpc) is 4.13. The van der Waals surface area contributed by atoms with Crippen LogP contribution in [0.3, 0.4) is 0 Å². The Balaban J connectivity index is 1.16. The van der Waals surface area contributed by atoms with Crippen molar-refractivity contribution < 1.29 is 47.8 Å². The molecule has 0 spiro atoms.